The molecule has 1 atom stereocenters. The van der Waals surface area contributed by atoms with Gasteiger partial charge in [-0.1, -0.05) is 23.4 Å². The predicted octanol–water partition coefficient (Wildman–Crippen LogP) is 3.19. The number of hydrogen-bond donors (Lipinski definition) is 2. The number of nitrogens with one attached hydrogen (secondary N) is 1. The highest BCUT2D eigenvalue weighted by Crippen LogP contribution is 2.32. The summed E-state index contributed by atoms with van der Waals surface area (Å²) in [6.45, 7) is 1.95. The Labute approximate surface area is 168 Å². The van der Waals surface area contributed by atoms with Gasteiger partial charge in [-0.3, -0.25) is 9.59 Å². The summed E-state index contributed by atoms with van der Waals surface area (Å²) in [6, 6.07) is 2.34. The SMILES string of the molecule is COCC#CC(C)Oc1cc(NC(=O)C2=C(C(N)=O)CCCC2)c(F)cc1Cl. The fraction of sp³-hybridized carbons (Fsp3) is 0.400. The number of anilines is 1. The number of benzene rings is 1. The van der Waals surface area contributed by atoms with Gasteiger partial charge in [0.1, 0.15) is 18.2 Å². The zero-order valence-corrected chi connectivity index (χ0v) is 16.5. The molecule has 8 heteroatoms. The summed E-state index contributed by atoms with van der Waals surface area (Å²) in [5.41, 5.74) is 5.82. The minimum absolute atomic E-state index is 0.0468. The van der Waals surface area contributed by atoms with E-state index in [9.17, 15) is 14.0 Å². The van der Waals surface area contributed by atoms with Crippen molar-refractivity contribution >= 4 is 29.1 Å². The standard InChI is InChI=1S/C20H22ClFN2O4/c1-12(6-5-9-27-2)28-18-11-17(16(22)10-15(18)21)24-20(26)14-8-4-3-7-13(14)19(23)25/h10-12H,3-4,7-9H2,1-2H3,(H2,23,25)(H,24,26). The summed E-state index contributed by atoms with van der Waals surface area (Å²) in [7, 11) is 1.53. The maximum Gasteiger partial charge on any atom is 0.252 e. The molecule has 1 aromatic carbocycles. The van der Waals surface area contributed by atoms with Gasteiger partial charge in [0.05, 0.1) is 10.7 Å². The van der Waals surface area contributed by atoms with Crippen LogP contribution in [0, 0.1) is 17.7 Å². The summed E-state index contributed by atoms with van der Waals surface area (Å²) in [6.07, 6.45) is 1.87. The molecule has 0 bridgehead atoms. The van der Waals surface area contributed by atoms with E-state index in [4.69, 9.17) is 26.8 Å². The first-order valence-electron chi connectivity index (χ1n) is 8.79. The van der Waals surface area contributed by atoms with Gasteiger partial charge >= 0.3 is 0 Å². The van der Waals surface area contributed by atoms with Crippen LogP contribution in [0.2, 0.25) is 5.02 Å². The van der Waals surface area contributed by atoms with Crippen molar-refractivity contribution in [3.63, 3.8) is 0 Å². The summed E-state index contributed by atoms with van der Waals surface area (Å²) in [4.78, 5) is 24.1. The molecule has 0 aromatic heterocycles. The van der Waals surface area contributed by atoms with Crippen LogP contribution in [0.3, 0.4) is 0 Å². The van der Waals surface area contributed by atoms with Crippen molar-refractivity contribution in [3.8, 4) is 17.6 Å². The van der Waals surface area contributed by atoms with Crippen molar-refractivity contribution in [1.82, 2.24) is 0 Å². The summed E-state index contributed by atoms with van der Waals surface area (Å²) < 4.78 is 24.7. The predicted molar refractivity (Wildman–Crippen MR) is 104 cm³/mol. The second-order valence-corrected chi connectivity index (χ2v) is 6.67. The van der Waals surface area contributed by atoms with Crippen molar-refractivity contribution in [3.05, 3.63) is 34.1 Å². The zero-order chi connectivity index (χ0) is 20.7. The molecule has 0 heterocycles. The number of rotatable bonds is 6. The molecule has 0 saturated carbocycles. The first-order valence-corrected chi connectivity index (χ1v) is 9.17. The largest absolute Gasteiger partial charge is 0.476 e. The maximum absolute atomic E-state index is 14.3. The molecule has 0 fully saturated rings. The first kappa shape index (κ1) is 21.7. The van der Waals surface area contributed by atoms with Crippen molar-refractivity contribution in [2.75, 3.05) is 19.0 Å². The van der Waals surface area contributed by atoms with Crippen LogP contribution in [-0.4, -0.2) is 31.6 Å². The van der Waals surface area contributed by atoms with Crippen molar-refractivity contribution in [1.29, 1.82) is 0 Å². The van der Waals surface area contributed by atoms with Gasteiger partial charge in [0.2, 0.25) is 5.91 Å². The van der Waals surface area contributed by atoms with E-state index in [2.05, 4.69) is 17.2 Å². The third-order valence-corrected chi connectivity index (χ3v) is 4.43. The minimum Gasteiger partial charge on any atom is -0.476 e. The number of carbonyl (C=O) groups excluding carboxylic acids is 2. The Morgan fingerprint density at radius 3 is 2.64 bits per heavy atom. The van der Waals surface area contributed by atoms with Crippen LogP contribution >= 0.6 is 11.6 Å². The lowest BCUT2D eigenvalue weighted by Gasteiger charge is -2.18. The monoisotopic (exact) mass is 408 g/mol. The van der Waals surface area contributed by atoms with E-state index in [1.54, 1.807) is 6.92 Å². The zero-order valence-electron chi connectivity index (χ0n) is 15.7. The number of nitrogens with two attached hydrogens (primary N) is 1. The third kappa shape index (κ3) is 5.72. The molecule has 6 nitrogen and oxygen atoms in total. The highest BCUT2D eigenvalue weighted by Gasteiger charge is 2.23. The molecule has 0 saturated heterocycles. The Bertz CT molecular complexity index is 858. The quantitative estimate of drug-likeness (QED) is 0.707. The Morgan fingerprint density at radius 1 is 1.32 bits per heavy atom. The average Bonchev–Trinajstić information content (AvgIpc) is 2.65. The normalized spacial score (nSPS) is 14.7. The molecule has 1 aliphatic carbocycles. The average molecular weight is 409 g/mol. The molecule has 1 aromatic rings. The van der Waals surface area contributed by atoms with Gasteiger partial charge in [0, 0.05) is 24.3 Å². The molecule has 0 aliphatic heterocycles. The van der Waals surface area contributed by atoms with Gasteiger partial charge in [0.25, 0.3) is 5.91 Å². The first-order chi connectivity index (χ1) is 13.3. The number of methoxy groups -OCH3 is 1. The highest BCUT2D eigenvalue weighted by atomic mass is 35.5. The molecule has 1 unspecified atom stereocenters. The second kappa shape index (κ2) is 10.1. The van der Waals surface area contributed by atoms with E-state index in [0.717, 1.165) is 18.9 Å². The third-order valence-electron chi connectivity index (χ3n) is 4.13. The Kier molecular flexibility index (Phi) is 7.85. The Hall–Kier alpha value is -2.56. The molecule has 1 aliphatic rings. The van der Waals surface area contributed by atoms with Crippen molar-refractivity contribution < 1.29 is 23.5 Å². The van der Waals surface area contributed by atoms with Gasteiger partial charge in [-0.25, -0.2) is 4.39 Å². The molecule has 0 spiro atoms. The van der Waals surface area contributed by atoms with E-state index in [-0.39, 0.29) is 34.2 Å². The molecular formula is C20H22ClFN2O4. The second-order valence-electron chi connectivity index (χ2n) is 6.26. The smallest absolute Gasteiger partial charge is 0.252 e. The Balaban J connectivity index is 2.23. The fourth-order valence-electron chi connectivity index (χ4n) is 2.82. The Morgan fingerprint density at radius 2 is 2.00 bits per heavy atom. The lowest BCUT2D eigenvalue weighted by molar-refractivity contribution is -0.116. The van der Waals surface area contributed by atoms with Crippen LogP contribution < -0.4 is 15.8 Å². The highest BCUT2D eigenvalue weighted by molar-refractivity contribution is 6.32. The number of carbonyl (C=O) groups is 2. The summed E-state index contributed by atoms with van der Waals surface area (Å²) in [5, 5.41) is 2.53. The summed E-state index contributed by atoms with van der Waals surface area (Å²) >= 11 is 6.04. The van der Waals surface area contributed by atoms with E-state index in [0.29, 0.717) is 12.8 Å². The maximum atomic E-state index is 14.3. The van der Waals surface area contributed by atoms with Gasteiger partial charge in [-0.15, -0.1) is 0 Å². The van der Waals surface area contributed by atoms with E-state index in [1.807, 2.05) is 0 Å². The van der Waals surface area contributed by atoms with E-state index >= 15 is 0 Å². The number of amides is 2. The number of hydrogen-bond acceptors (Lipinski definition) is 4. The molecule has 2 rings (SSSR count). The molecule has 150 valence electrons. The van der Waals surface area contributed by atoms with Crippen LogP contribution in [0.5, 0.6) is 5.75 Å². The van der Waals surface area contributed by atoms with Crippen molar-refractivity contribution in [2.45, 2.75) is 38.7 Å². The van der Waals surface area contributed by atoms with Crippen LogP contribution in [0.25, 0.3) is 0 Å². The number of primary amides is 1. The molecule has 28 heavy (non-hydrogen) atoms. The van der Waals surface area contributed by atoms with Crippen LogP contribution in [-0.2, 0) is 14.3 Å². The fourth-order valence-corrected chi connectivity index (χ4v) is 3.01. The van der Waals surface area contributed by atoms with Gasteiger partial charge in [0.15, 0.2) is 6.10 Å². The van der Waals surface area contributed by atoms with Crippen LogP contribution in [0.15, 0.2) is 23.3 Å². The lowest BCUT2D eigenvalue weighted by atomic mass is 9.90. The number of halogens is 2. The van der Waals surface area contributed by atoms with E-state index < -0.39 is 23.7 Å². The molecule has 2 amide bonds. The lowest BCUT2D eigenvalue weighted by Crippen LogP contribution is -2.25. The minimum atomic E-state index is -0.721. The molecule has 3 N–H and O–H groups in total. The van der Waals surface area contributed by atoms with Gasteiger partial charge in [-0.2, -0.15) is 0 Å². The van der Waals surface area contributed by atoms with Crippen molar-refractivity contribution in [2.24, 2.45) is 5.73 Å². The molecule has 0 radical (unpaired) electrons. The summed E-state index contributed by atoms with van der Waals surface area (Å²) in [5.74, 6) is 3.82. The topological polar surface area (TPSA) is 90.7 Å². The van der Waals surface area contributed by atoms with E-state index in [1.165, 1.54) is 13.2 Å². The molecular weight excluding hydrogens is 387 g/mol. The number of ether oxygens (including phenoxy) is 2. The van der Waals surface area contributed by atoms with Crippen LogP contribution in [0.1, 0.15) is 32.6 Å². The van der Waals surface area contributed by atoms with Gasteiger partial charge in [-0.05, 0) is 38.7 Å². The van der Waals surface area contributed by atoms with Crippen LogP contribution in [0.4, 0.5) is 10.1 Å². The van der Waals surface area contributed by atoms with Gasteiger partial charge < -0.3 is 20.5 Å².